The highest BCUT2D eigenvalue weighted by molar-refractivity contribution is 14.0. The Kier molecular flexibility index (Phi) is 11.5. The molecular formula is C17H27FIN3O. The minimum absolute atomic E-state index is 0. The van der Waals surface area contributed by atoms with Crippen molar-refractivity contribution < 1.29 is 9.13 Å². The molecule has 0 saturated heterocycles. The molecule has 0 radical (unpaired) electrons. The number of nitrogens with zero attached hydrogens (tertiary/aromatic N) is 2. The third-order valence-corrected chi connectivity index (χ3v) is 3.22. The lowest BCUT2D eigenvalue weighted by Crippen LogP contribution is -2.38. The fourth-order valence-corrected chi connectivity index (χ4v) is 2.07. The first-order valence-corrected chi connectivity index (χ1v) is 7.56. The summed E-state index contributed by atoms with van der Waals surface area (Å²) in [6.45, 7) is 7.41. The normalized spacial score (nSPS) is 10.7. The Hall–Kier alpha value is -1.31. The second-order valence-electron chi connectivity index (χ2n) is 4.95. The summed E-state index contributed by atoms with van der Waals surface area (Å²) >= 11 is 0. The van der Waals surface area contributed by atoms with Crippen LogP contribution < -0.4 is 10.1 Å². The maximum atomic E-state index is 13.8. The molecule has 1 rings (SSSR count). The number of rotatable bonds is 8. The zero-order valence-corrected chi connectivity index (χ0v) is 16.5. The quantitative estimate of drug-likeness (QED) is 0.222. The van der Waals surface area contributed by atoms with Crippen LogP contribution in [0.5, 0.6) is 5.75 Å². The molecule has 1 aromatic carbocycles. The molecule has 0 spiro atoms. The largest absolute Gasteiger partial charge is 0.491 e. The van der Waals surface area contributed by atoms with Gasteiger partial charge in [0.25, 0.3) is 0 Å². The van der Waals surface area contributed by atoms with Gasteiger partial charge < -0.3 is 15.0 Å². The number of benzene rings is 1. The first-order chi connectivity index (χ1) is 10.6. The van der Waals surface area contributed by atoms with E-state index in [0.29, 0.717) is 13.2 Å². The van der Waals surface area contributed by atoms with E-state index in [1.54, 1.807) is 13.1 Å². The molecular weight excluding hydrogens is 408 g/mol. The minimum atomic E-state index is -0.338. The van der Waals surface area contributed by atoms with Gasteiger partial charge >= 0.3 is 0 Å². The van der Waals surface area contributed by atoms with Gasteiger partial charge in [-0.15, -0.1) is 30.6 Å². The highest BCUT2D eigenvalue weighted by Gasteiger charge is 2.07. The summed E-state index contributed by atoms with van der Waals surface area (Å²) in [7, 11) is 3.72. The predicted octanol–water partition coefficient (Wildman–Crippen LogP) is 3.82. The van der Waals surface area contributed by atoms with Crippen LogP contribution in [0.1, 0.15) is 25.3 Å². The van der Waals surface area contributed by atoms with E-state index in [1.165, 1.54) is 6.07 Å². The average molecular weight is 435 g/mol. The Labute approximate surface area is 155 Å². The second kappa shape index (κ2) is 12.2. The summed E-state index contributed by atoms with van der Waals surface area (Å²) < 4.78 is 19.0. The molecule has 0 aliphatic rings. The van der Waals surface area contributed by atoms with Crippen LogP contribution in [0.25, 0.3) is 0 Å². The van der Waals surface area contributed by atoms with Crippen molar-refractivity contribution in [3.05, 3.63) is 42.2 Å². The number of unbranched alkanes of at least 4 members (excludes halogenated alkanes) is 1. The topological polar surface area (TPSA) is 36.9 Å². The van der Waals surface area contributed by atoms with Gasteiger partial charge in [-0.2, -0.15) is 0 Å². The van der Waals surface area contributed by atoms with Gasteiger partial charge in [-0.05, 0) is 37.5 Å². The van der Waals surface area contributed by atoms with Crippen LogP contribution in [0, 0.1) is 5.82 Å². The molecule has 0 saturated carbocycles. The van der Waals surface area contributed by atoms with Crippen molar-refractivity contribution in [2.24, 2.45) is 4.99 Å². The van der Waals surface area contributed by atoms with Gasteiger partial charge in [0.2, 0.25) is 0 Å². The van der Waals surface area contributed by atoms with Crippen molar-refractivity contribution in [2.75, 3.05) is 27.2 Å². The maximum Gasteiger partial charge on any atom is 0.193 e. The van der Waals surface area contributed by atoms with Gasteiger partial charge in [0.15, 0.2) is 17.5 Å². The minimum Gasteiger partial charge on any atom is -0.491 e. The Bertz CT molecular complexity index is 509. The Balaban J connectivity index is 0.00000484. The molecule has 0 fully saturated rings. The number of guanidine groups is 1. The molecule has 6 heteroatoms. The number of aliphatic imine (C=N–C) groups is 1. The molecule has 0 heterocycles. The van der Waals surface area contributed by atoms with E-state index in [1.807, 2.05) is 26.1 Å². The molecule has 1 N–H and O–H groups in total. The summed E-state index contributed by atoms with van der Waals surface area (Å²) in [4.78, 5) is 6.29. The predicted molar refractivity (Wildman–Crippen MR) is 105 cm³/mol. The van der Waals surface area contributed by atoms with E-state index >= 15 is 0 Å². The van der Waals surface area contributed by atoms with E-state index in [0.717, 1.165) is 30.9 Å². The van der Waals surface area contributed by atoms with Crippen molar-refractivity contribution in [2.45, 2.75) is 26.3 Å². The molecule has 0 bridgehead atoms. The fourth-order valence-electron chi connectivity index (χ4n) is 2.07. The number of allylic oxidation sites excluding steroid dienone is 1. The van der Waals surface area contributed by atoms with Crippen LogP contribution in [-0.4, -0.2) is 38.1 Å². The molecule has 130 valence electrons. The van der Waals surface area contributed by atoms with Crippen LogP contribution in [-0.2, 0) is 6.54 Å². The van der Waals surface area contributed by atoms with Crippen LogP contribution in [0.2, 0.25) is 0 Å². The summed E-state index contributed by atoms with van der Waals surface area (Å²) in [5.74, 6) is 0.742. The Morgan fingerprint density at radius 1 is 1.48 bits per heavy atom. The van der Waals surface area contributed by atoms with Gasteiger partial charge in [0.05, 0.1) is 6.61 Å². The van der Waals surface area contributed by atoms with E-state index in [-0.39, 0.29) is 35.5 Å². The molecule has 0 atom stereocenters. The highest BCUT2D eigenvalue weighted by atomic mass is 127. The van der Waals surface area contributed by atoms with Gasteiger partial charge in [-0.25, -0.2) is 4.39 Å². The highest BCUT2D eigenvalue weighted by Crippen LogP contribution is 2.18. The van der Waals surface area contributed by atoms with Gasteiger partial charge in [-0.1, -0.05) is 12.1 Å². The number of hydrogen-bond acceptors (Lipinski definition) is 2. The van der Waals surface area contributed by atoms with Crippen molar-refractivity contribution in [3.8, 4) is 5.75 Å². The van der Waals surface area contributed by atoms with E-state index in [9.17, 15) is 4.39 Å². The lowest BCUT2D eigenvalue weighted by Gasteiger charge is -2.22. The molecule has 0 amide bonds. The first kappa shape index (κ1) is 21.7. The Morgan fingerprint density at radius 2 is 2.22 bits per heavy atom. The zero-order valence-electron chi connectivity index (χ0n) is 14.1. The zero-order chi connectivity index (χ0) is 16.4. The van der Waals surface area contributed by atoms with Crippen LogP contribution >= 0.6 is 24.0 Å². The Morgan fingerprint density at radius 3 is 2.78 bits per heavy atom. The third kappa shape index (κ3) is 7.67. The number of halogens is 2. The summed E-state index contributed by atoms with van der Waals surface area (Å²) in [5, 5.41) is 3.23. The molecule has 0 unspecified atom stereocenters. The number of ether oxygens (including phenoxy) is 1. The van der Waals surface area contributed by atoms with Gasteiger partial charge in [0.1, 0.15) is 0 Å². The summed E-state index contributed by atoms with van der Waals surface area (Å²) in [5.41, 5.74) is 0.849. The summed E-state index contributed by atoms with van der Waals surface area (Å²) in [6, 6.07) is 5.00. The number of hydrogen-bond donors (Lipinski definition) is 1. The van der Waals surface area contributed by atoms with Crippen LogP contribution in [0.4, 0.5) is 4.39 Å². The van der Waals surface area contributed by atoms with Crippen molar-refractivity contribution in [3.63, 3.8) is 0 Å². The molecule has 1 aromatic rings. The monoisotopic (exact) mass is 435 g/mol. The molecule has 23 heavy (non-hydrogen) atoms. The second-order valence-corrected chi connectivity index (χ2v) is 4.95. The van der Waals surface area contributed by atoms with Crippen molar-refractivity contribution >= 4 is 29.9 Å². The van der Waals surface area contributed by atoms with Gasteiger partial charge in [0, 0.05) is 27.2 Å². The van der Waals surface area contributed by atoms with E-state index < -0.39 is 0 Å². The SMILES string of the molecule is C=CCCCN(C)C(=NC)NCc1ccc(OCC)c(F)c1.I. The van der Waals surface area contributed by atoms with Crippen molar-refractivity contribution in [1.29, 1.82) is 0 Å². The fraction of sp³-hybridized carbons (Fsp3) is 0.471. The maximum absolute atomic E-state index is 13.8. The molecule has 0 aromatic heterocycles. The third-order valence-electron chi connectivity index (χ3n) is 3.22. The summed E-state index contributed by atoms with van der Waals surface area (Å²) in [6.07, 6.45) is 3.91. The lowest BCUT2D eigenvalue weighted by atomic mass is 10.2. The van der Waals surface area contributed by atoms with Gasteiger partial charge in [-0.3, -0.25) is 4.99 Å². The van der Waals surface area contributed by atoms with Crippen LogP contribution in [0.3, 0.4) is 0 Å². The van der Waals surface area contributed by atoms with Crippen LogP contribution in [0.15, 0.2) is 35.8 Å². The first-order valence-electron chi connectivity index (χ1n) is 7.56. The standard InChI is InChI=1S/C17H26FN3O.HI/c1-5-7-8-11-21(4)17(19-3)20-13-14-9-10-16(22-6-2)15(18)12-14;/h5,9-10,12H,1,6-8,11,13H2,2-4H3,(H,19,20);1H. The molecule has 4 nitrogen and oxygen atoms in total. The van der Waals surface area contributed by atoms with E-state index in [4.69, 9.17) is 4.74 Å². The van der Waals surface area contributed by atoms with Crippen molar-refractivity contribution in [1.82, 2.24) is 10.2 Å². The van der Waals surface area contributed by atoms with E-state index in [2.05, 4.69) is 21.8 Å². The average Bonchev–Trinajstić information content (AvgIpc) is 2.51. The molecule has 0 aliphatic carbocycles. The molecule has 0 aliphatic heterocycles. The lowest BCUT2D eigenvalue weighted by molar-refractivity contribution is 0.321. The number of nitrogens with one attached hydrogen (secondary N) is 1. The smallest absolute Gasteiger partial charge is 0.193 e.